The number of phenolic OH excluding ortho intramolecular Hbond substituents is 3. The first kappa shape index (κ1) is 20.0. The van der Waals surface area contributed by atoms with Crippen molar-refractivity contribution in [2.45, 2.75) is 24.6 Å². The van der Waals surface area contributed by atoms with Crippen LogP contribution in [0, 0.1) is 0 Å². The fraction of sp³-hybridized carbons (Fsp3) is 0.250. The Labute approximate surface area is 168 Å². The van der Waals surface area contributed by atoms with Gasteiger partial charge >= 0.3 is 0 Å². The van der Waals surface area contributed by atoms with Gasteiger partial charge in [0.15, 0.2) is 5.76 Å². The van der Waals surface area contributed by atoms with Crippen LogP contribution in [0.2, 0.25) is 0 Å². The zero-order chi connectivity index (χ0) is 21.6. The highest BCUT2D eigenvalue weighted by Gasteiger charge is 2.40. The summed E-state index contributed by atoms with van der Waals surface area (Å²) in [6.07, 6.45) is -6.10. The van der Waals surface area contributed by atoms with Crippen molar-refractivity contribution in [3.05, 3.63) is 46.6 Å². The van der Waals surface area contributed by atoms with Gasteiger partial charge in [0.1, 0.15) is 46.5 Å². The number of benzene rings is 2. The number of hydrogen-bond donors (Lipinski definition) is 6. The van der Waals surface area contributed by atoms with Gasteiger partial charge < -0.3 is 44.5 Å². The lowest BCUT2D eigenvalue weighted by Crippen LogP contribution is -2.55. The summed E-state index contributed by atoms with van der Waals surface area (Å²) in [6, 6.07) is 7.65. The van der Waals surface area contributed by atoms with Crippen molar-refractivity contribution in [3.8, 4) is 34.3 Å². The van der Waals surface area contributed by atoms with Crippen LogP contribution in [0.15, 0.2) is 45.6 Å². The number of ether oxygens (including phenoxy) is 2. The minimum atomic E-state index is -1.68. The molecule has 1 aliphatic rings. The Bertz CT molecular complexity index is 1140. The molecule has 1 aliphatic heterocycles. The maximum atomic E-state index is 13.1. The number of phenols is 3. The third-order valence-electron chi connectivity index (χ3n) is 4.74. The van der Waals surface area contributed by atoms with Crippen LogP contribution in [0.3, 0.4) is 0 Å². The smallest absolute Gasteiger partial charge is 0.239 e. The largest absolute Gasteiger partial charge is 0.508 e. The third-order valence-corrected chi connectivity index (χ3v) is 4.74. The van der Waals surface area contributed by atoms with Crippen molar-refractivity contribution in [2.24, 2.45) is 0 Å². The summed E-state index contributed by atoms with van der Waals surface area (Å²) in [7, 11) is 0. The summed E-state index contributed by atoms with van der Waals surface area (Å²) in [6.45, 7) is -0.352. The van der Waals surface area contributed by atoms with Crippen LogP contribution < -0.4 is 10.2 Å². The van der Waals surface area contributed by atoms with Crippen molar-refractivity contribution in [1.29, 1.82) is 0 Å². The predicted octanol–water partition coefficient (Wildman–Crippen LogP) is 0.395. The molecule has 2 unspecified atom stereocenters. The first-order chi connectivity index (χ1) is 14.3. The fourth-order valence-corrected chi connectivity index (χ4v) is 3.18. The average molecular weight is 418 g/mol. The van der Waals surface area contributed by atoms with Crippen LogP contribution in [0.25, 0.3) is 22.3 Å². The van der Waals surface area contributed by atoms with Crippen molar-refractivity contribution in [3.63, 3.8) is 0 Å². The van der Waals surface area contributed by atoms with Crippen molar-refractivity contribution in [1.82, 2.24) is 0 Å². The lowest BCUT2D eigenvalue weighted by Gasteiger charge is -2.34. The minimum absolute atomic E-state index is 0.0391. The maximum absolute atomic E-state index is 13.1. The molecule has 0 saturated carbocycles. The number of aliphatic hydroxyl groups excluding tert-OH is 3. The Morgan fingerprint density at radius 1 is 0.933 bits per heavy atom. The van der Waals surface area contributed by atoms with Crippen LogP contribution in [0.1, 0.15) is 0 Å². The number of hydrogen-bond acceptors (Lipinski definition) is 10. The molecule has 10 heteroatoms. The SMILES string of the molecule is O=c1c(O[C@@H]2OC[C@@H](O)C(O)C2O)c(-c2ccc(O)cc2)oc2cc(O)cc(O)c12. The molecule has 0 bridgehead atoms. The van der Waals surface area contributed by atoms with Gasteiger partial charge in [-0.25, -0.2) is 0 Å². The van der Waals surface area contributed by atoms with Gasteiger partial charge in [-0.05, 0) is 24.3 Å². The van der Waals surface area contributed by atoms with E-state index < -0.39 is 41.5 Å². The molecule has 2 aromatic carbocycles. The van der Waals surface area contributed by atoms with Crippen LogP contribution in [0.5, 0.6) is 23.0 Å². The first-order valence-electron chi connectivity index (χ1n) is 8.91. The molecule has 10 nitrogen and oxygen atoms in total. The molecule has 0 radical (unpaired) electrons. The normalized spacial score (nSPS) is 24.1. The van der Waals surface area contributed by atoms with Gasteiger partial charge in [0, 0.05) is 17.7 Å². The van der Waals surface area contributed by atoms with Crippen LogP contribution in [0.4, 0.5) is 0 Å². The zero-order valence-electron chi connectivity index (χ0n) is 15.3. The molecule has 158 valence electrons. The summed E-state index contributed by atoms with van der Waals surface area (Å²) >= 11 is 0. The van der Waals surface area contributed by atoms with Gasteiger partial charge in [-0.3, -0.25) is 4.79 Å². The van der Waals surface area contributed by atoms with Gasteiger partial charge in [-0.15, -0.1) is 0 Å². The summed E-state index contributed by atoms with van der Waals surface area (Å²) < 4.78 is 16.4. The fourth-order valence-electron chi connectivity index (χ4n) is 3.18. The number of rotatable bonds is 3. The maximum Gasteiger partial charge on any atom is 0.239 e. The molecular formula is C20H18O10. The predicted molar refractivity (Wildman–Crippen MR) is 101 cm³/mol. The molecule has 2 heterocycles. The van der Waals surface area contributed by atoms with E-state index in [0.29, 0.717) is 5.56 Å². The molecule has 0 amide bonds. The quantitative estimate of drug-likeness (QED) is 0.350. The van der Waals surface area contributed by atoms with E-state index in [4.69, 9.17) is 13.9 Å². The molecule has 1 saturated heterocycles. The number of fused-ring (bicyclic) bond motifs is 1. The summed E-state index contributed by atoms with van der Waals surface area (Å²) in [5.41, 5.74) is -0.655. The van der Waals surface area contributed by atoms with Crippen LogP contribution in [-0.4, -0.2) is 61.8 Å². The average Bonchev–Trinajstić information content (AvgIpc) is 2.70. The molecule has 6 N–H and O–H groups in total. The Kier molecular flexibility index (Phi) is 5.00. The molecule has 4 atom stereocenters. The summed E-state index contributed by atoms with van der Waals surface area (Å²) in [4.78, 5) is 13.1. The second-order valence-electron chi connectivity index (χ2n) is 6.84. The Hall–Kier alpha value is -3.31. The second-order valence-corrected chi connectivity index (χ2v) is 6.84. The van der Waals surface area contributed by atoms with Crippen molar-refractivity contribution >= 4 is 11.0 Å². The molecule has 30 heavy (non-hydrogen) atoms. The van der Waals surface area contributed by atoms with E-state index in [1.54, 1.807) is 0 Å². The molecule has 1 fully saturated rings. The minimum Gasteiger partial charge on any atom is -0.508 e. The van der Waals surface area contributed by atoms with E-state index in [0.717, 1.165) is 12.1 Å². The lowest BCUT2D eigenvalue weighted by molar-refractivity contribution is -0.242. The molecular weight excluding hydrogens is 400 g/mol. The number of aliphatic hydroxyl groups is 3. The topological polar surface area (TPSA) is 170 Å². The molecule has 0 spiro atoms. The summed E-state index contributed by atoms with van der Waals surface area (Å²) in [5.74, 6) is -1.50. The van der Waals surface area contributed by atoms with E-state index in [9.17, 15) is 35.4 Å². The highest BCUT2D eigenvalue weighted by Crippen LogP contribution is 2.37. The highest BCUT2D eigenvalue weighted by molar-refractivity contribution is 5.88. The van der Waals surface area contributed by atoms with E-state index >= 15 is 0 Å². The van der Waals surface area contributed by atoms with Crippen molar-refractivity contribution in [2.75, 3.05) is 6.61 Å². The highest BCUT2D eigenvalue weighted by atomic mass is 16.7. The number of aromatic hydroxyl groups is 3. The standard InChI is InChI=1S/C20H18O10/c21-9-3-1-8(2-4-9)18-19(30-20-17(27)15(25)12(24)7-28-20)16(26)14-11(23)5-10(22)6-13(14)29-18/h1-6,12,15,17,20-25,27H,7H2/t12-,15?,17?,20+/m1/s1. The Balaban J connectivity index is 1.90. The van der Waals surface area contributed by atoms with Gasteiger partial charge in [-0.2, -0.15) is 0 Å². The zero-order valence-corrected chi connectivity index (χ0v) is 15.3. The Morgan fingerprint density at radius 2 is 1.63 bits per heavy atom. The summed E-state index contributed by atoms with van der Waals surface area (Å²) in [5, 5.41) is 58.7. The van der Waals surface area contributed by atoms with Gasteiger partial charge in [0.05, 0.1) is 6.61 Å². The molecule has 3 aromatic rings. The van der Waals surface area contributed by atoms with Crippen molar-refractivity contribution < 1.29 is 44.5 Å². The van der Waals surface area contributed by atoms with E-state index in [2.05, 4.69) is 0 Å². The molecule has 0 aliphatic carbocycles. The van der Waals surface area contributed by atoms with Crippen LogP contribution >= 0.6 is 0 Å². The van der Waals surface area contributed by atoms with E-state index in [1.807, 2.05) is 0 Å². The first-order valence-corrected chi connectivity index (χ1v) is 8.91. The second kappa shape index (κ2) is 7.50. The molecule has 4 rings (SSSR count). The van der Waals surface area contributed by atoms with Gasteiger partial charge in [0.2, 0.25) is 17.5 Å². The van der Waals surface area contributed by atoms with Crippen LogP contribution in [-0.2, 0) is 4.74 Å². The Morgan fingerprint density at radius 3 is 2.33 bits per heavy atom. The monoisotopic (exact) mass is 418 g/mol. The third kappa shape index (κ3) is 3.42. The van der Waals surface area contributed by atoms with Gasteiger partial charge in [0.25, 0.3) is 0 Å². The molecule has 1 aromatic heterocycles. The van der Waals surface area contributed by atoms with E-state index in [1.165, 1.54) is 24.3 Å². The van der Waals surface area contributed by atoms with E-state index in [-0.39, 0.29) is 34.8 Å². The van der Waals surface area contributed by atoms with Gasteiger partial charge in [-0.1, -0.05) is 0 Å². The lowest BCUT2D eigenvalue weighted by atomic mass is 10.1.